The predicted octanol–water partition coefficient (Wildman–Crippen LogP) is 5.22. The number of rotatable bonds is 8. The van der Waals surface area contributed by atoms with E-state index in [0.29, 0.717) is 12.2 Å². The highest BCUT2D eigenvalue weighted by Gasteiger charge is 2.36. The summed E-state index contributed by atoms with van der Waals surface area (Å²) in [6.45, 7) is 11.8. The zero-order valence-corrected chi connectivity index (χ0v) is 19.9. The van der Waals surface area contributed by atoms with Gasteiger partial charge in [-0.2, -0.15) is 0 Å². The van der Waals surface area contributed by atoms with Gasteiger partial charge in [0.15, 0.2) is 8.32 Å². The van der Waals surface area contributed by atoms with Gasteiger partial charge in [-0.05, 0) is 53.9 Å². The second kappa shape index (κ2) is 10.0. The third-order valence-electron chi connectivity index (χ3n) is 5.67. The van der Waals surface area contributed by atoms with E-state index in [2.05, 4.69) is 39.2 Å². The fourth-order valence-corrected chi connectivity index (χ4v) is 3.79. The Bertz CT molecular complexity index is 870. The molecule has 0 bridgehead atoms. The molecule has 0 fully saturated rings. The molecule has 6 heteroatoms. The largest absolute Gasteiger partial charge is 0.465 e. The zero-order valence-electron chi connectivity index (χ0n) is 18.9. The second-order valence-electron chi connectivity index (χ2n) is 8.93. The Hall–Kier alpha value is -2.44. The van der Waals surface area contributed by atoms with Crippen molar-refractivity contribution in [3.8, 4) is 0 Å². The van der Waals surface area contributed by atoms with Crippen LogP contribution in [0.4, 0.5) is 5.69 Å². The van der Waals surface area contributed by atoms with Crippen molar-refractivity contribution in [3.63, 3.8) is 0 Å². The SMILES string of the molecule is COC(=O)c1ccc(CC(=O)Nc2ccccc2CCO[Si](C)(C)C(C)(C)C)cc1. The van der Waals surface area contributed by atoms with Gasteiger partial charge in [0.2, 0.25) is 5.91 Å². The Morgan fingerprint density at radius 2 is 1.63 bits per heavy atom. The smallest absolute Gasteiger partial charge is 0.337 e. The number of anilines is 1. The van der Waals surface area contributed by atoms with Crippen molar-refractivity contribution in [2.24, 2.45) is 0 Å². The predicted molar refractivity (Wildman–Crippen MR) is 123 cm³/mol. The van der Waals surface area contributed by atoms with Crippen LogP contribution in [0.5, 0.6) is 0 Å². The molecular formula is C24H33NO4Si. The maximum Gasteiger partial charge on any atom is 0.337 e. The van der Waals surface area contributed by atoms with E-state index in [0.717, 1.165) is 23.2 Å². The lowest BCUT2D eigenvalue weighted by atomic mass is 10.1. The van der Waals surface area contributed by atoms with Crippen LogP contribution in [0, 0.1) is 0 Å². The summed E-state index contributed by atoms with van der Waals surface area (Å²) in [5, 5.41) is 3.18. The van der Waals surface area contributed by atoms with Crippen LogP contribution in [-0.4, -0.2) is 33.9 Å². The first-order chi connectivity index (χ1) is 14.0. The lowest BCUT2D eigenvalue weighted by Gasteiger charge is -2.36. The van der Waals surface area contributed by atoms with E-state index in [1.807, 2.05) is 24.3 Å². The second-order valence-corrected chi connectivity index (χ2v) is 13.7. The summed E-state index contributed by atoms with van der Waals surface area (Å²) in [5.41, 5.74) is 3.17. The van der Waals surface area contributed by atoms with Gasteiger partial charge in [0.05, 0.1) is 19.1 Å². The number of esters is 1. The number of para-hydroxylation sites is 1. The van der Waals surface area contributed by atoms with Gasteiger partial charge in [-0.1, -0.05) is 51.1 Å². The van der Waals surface area contributed by atoms with Crippen LogP contribution < -0.4 is 5.32 Å². The van der Waals surface area contributed by atoms with Gasteiger partial charge in [0.25, 0.3) is 0 Å². The standard InChI is InChI=1S/C24H33NO4Si/c1-24(2,3)30(5,6)29-16-15-19-9-7-8-10-21(19)25-22(26)17-18-11-13-20(14-12-18)23(27)28-4/h7-14H,15-17H2,1-6H3,(H,25,26). The molecule has 0 saturated carbocycles. The highest BCUT2D eigenvalue weighted by Crippen LogP contribution is 2.36. The lowest BCUT2D eigenvalue weighted by Crippen LogP contribution is -2.41. The maximum atomic E-state index is 12.5. The molecule has 0 unspecified atom stereocenters. The Morgan fingerprint density at radius 1 is 1.00 bits per heavy atom. The molecule has 162 valence electrons. The Kier molecular flexibility index (Phi) is 7.98. The number of carbonyl (C=O) groups is 2. The quantitative estimate of drug-likeness (QED) is 0.463. The average molecular weight is 428 g/mol. The Balaban J connectivity index is 1.97. The minimum atomic E-state index is -1.80. The van der Waals surface area contributed by atoms with Gasteiger partial charge in [-0.15, -0.1) is 0 Å². The molecule has 0 heterocycles. The highest BCUT2D eigenvalue weighted by atomic mass is 28.4. The van der Waals surface area contributed by atoms with Gasteiger partial charge in [0, 0.05) is 12.3 Å². The summed E-state index contributed by atoms with van der Waals surface area (Å²) in [4.78, 5) is 24.1. The van der Waals surface area contributed by atoms with Crippen LogP contribution in [0.15, 0.2) is 48.5 Å². The van der Waals surface area contributed by atoms with E-state index in [4.69, 9.17) is 9.16 Å². The molecule has 0 saturated heterocycles. The Morgan fingerprint density at radius 3 is 2.23 bits per heavy atom. The fourth-order valence-electron chi connectivity index (χ4n) is 2.75. The highest BCUT2D eigenvalue weighted by molar-refractivity contribution is 6.74. The molecule has 0 spiro atoms. The van der Waals surface area contributed by atoms with E-state index >= 15 is 0 Å². The maximum absolute atomic E-state index is 12.5. The first-order valence-electron chi connectivity index (χ1n) is 10.2. The van der Waals surface area contributed by atoms with E-state index in [9.17, 15) is 9.59 Å². The van der Waals surface area contributed by atoms with Crippen LogP contribution in [0.25, 0.3) is 0 Å². The number of amides is 1. The van der Waals surface area contributed by atoms with Crippen molar-refractivity contribution < 1.29 is 18.8 Å². The molecule has 5 nitrogen and oxygen atoms in total. The van der Waals surface area contributed by atoms with Gasteiger partial charge < -0.3 is 14.5 Å². The molecule has 0 aliphatic rings. The number of benzene rings is 2. The zero-order chi connectivity index (χ0) is 22.4. The van der Waals surface area contributed by atoms with Gasteiger partial charge >= 0.3 is 5.97 Å². The number of ether oxygens (including phenoxy) is 1. The van der Waals surface area contributed by atoms with E-state index < -0.39 is 8.32 Å². The lowest BCUT2D eigenvalue weighted by molar-refractivity contribution is -0.115. The third kappa shape index (κ3) is 6.54. The van der Waals surface area contributed by atoms with Crippen LogP contribution in [0.1, 0.15) is 42.3 Å². The van der Waals surface area contributed by atoms with Gasteiger partial charge in [0.1, 0.15) is 0 Å². The number of hydrogen-bond donors (Lipinski definition) is 1. The van der Waals surface area contributed by atoms with Crippen LogP contribution >= 0.6 is 0 Å². The van der Waals surface area contributed by atoms with E-state index in [1.54, 1.807) is 24.3 Å². The van der Waals surface area contributed by atoms with Crippen LogP contribution in [-0.2, 0) is 26.8 Å². The monoisotopic (exact) mass is 427 g/mol. The van der Waals surface area contributed by atoms with Crippen molar-refractivity contribution in [1.82, 2.24) is 0 Å². The number of carbonyl (C=O) groups excluding carboxylic acids is 2. The van der Waals surface area contributed by atoms with Crippen molar-refractivity contribution in [2.75, 3.05) is 19.0 Å². The summed E-state index contributed by atoms with van der Waals surface area (Å²) in [6, 6.07) is 14.7. The third-order valence-corrected chi connectivity index (χ3v) is 10.2. The minimum Gasteiger partial charge on any atom is -0.465 e. The molecule has 2 aromatic carbocycles. The Labute approximate surface area is 180 Å². The molecule has 1 N–H and O–H groups in total. The van der Waals surface area contributed by atoms with Crippen molar-refractivity contribution in [2.45, 2.75) is 51.7 Å². The first-order valence-corrected chi connectivity index (χ1v) is 13.1. The molecule has 0 aliphatic carbocycles. The molecular weight excluding hydrogens is 394 g/mol. The van der Waals surface area contributed by atoms with Crippen molar-refractivity contribution in [3.05, 3.63) is 65.2 Å². The molecule has 1 amide bonds. The molecule has 0 atom stereocenters. The first kappa shape index (κ1) is 23.8. The number of nitrogens with one attached hydrogen (secondary N) is 1. The van der Waals surface area contributed by atoms with Gasteiger partial charge in [-0.25, -0.2) is 4.79 Å². The molecule has 2 aromatic rings. The molecule has 0 aliphatic heterocycles. The van der Waals surface area contributed by atoms with Crippen LogP contribution in [0.2, 0.25) is 18.1 Å². The summed E-state index contributed by atoms with van der Waals surface area (Å²) in [5.74, 6) is -0.488. The van der Waals surface area contributed by atoms with Crippen molar-refractivity contribution in [1.29, 1.82) is 0 Å². The summed E-state index contributed by atoms with van der Waals surface area (Å²) < 4.78 is 11.0. The molecule has 0 aromatic heterocycles. The summed E-state index contributed by atoms with van der Waals surface area (Å²) in [7, 11) is -0.449. The van der Waals surface area contributed by atoms with E-state index in [-0.39, 0.29) is 23.3 Å². The van der Waals surface area contributed by atoms with Crippen molar-refractivity contribution >= 4 is 25.9 Å². The average Bonchev–Trinajstić information content (AvgIpc) is 2.68. The molecule has 2 rings (SSSR count). The van der Waals surface area contributed by atoms with Crippen LogP contribution in [0.3, 0.4) is 0 Å². The van der Waals surface area contributed by atoms with E-state index in [1.165, 1.54) is 7.11 Å². The number of methoxy groups -OCH3 is 1. The summed E-state index contributed by atoms with van der Waals surface area (Å²) in [6.07, 6.45) is 0.979. The number of hydrogen-bond acceptors (Lipinski definition) is 4. The van der Waals surface area contributed by atoms with Gasteiger partial charge in [-0.3, -0.25) is 4.79 Å². The molecule has 0 radical (unpaired) electrons. The normalized spacial score (nSPS) is 11.8. The molecule has 30 heavy (non-hydrogen) atoms. The minimum absolute atomic E-state index is 0.0985. The topological polar surface area (TPSA) is 64.6 Å². The fraction of sp³-hybridized carbons (Fsp3) is 0.417. The summed E-state index contributed by atoms with van der Waals surface area (Å²) >= 11 is 0.